The fourth-order valence-electron chi connectivity index (χ4n) is 2.13. The Bertz CT molecular complexity index is 703. The molecule has 4 nitrogen and oxygen atoms in total. The average molecular weight is 239 g/mol. The smallest absolute Gasteiger partial charge is 0.161 e. The number of nitrogens with zero attached hydrogens (tertiary/aromatic N) is 3. The fourth-order valence-corrected chi connectivity index (χ4v) is 2.13. The third-order valence-electron chi connectivity index (χ3n) is 3.05. The van der Waals surface area contributed by atoms with Crippen LogP contribution in [0.15, 0.2) is 42.7 Å². The minimum absolute atomic E-state index is 0.0653. The molecule has 0 aliphatic carbocycles. The Morgan fingerprint density at radius 2 is 2.06 bits per heavy atom. The maximum absolute atomic E-state index is 9.56. The van der Waals surface area contributed by atoms with Crippen molar-refractivity contribution in [2.75, 3.05) is 0 Å². The summed E-state index contributed by atoms with van der Waals surface area (Å²) in [6.07, 6.45) is 3.54. The Morgan fingerprint density at radius 3 is 2.83 bits per heavy atom. The first-order chi connectivity index (χ1) is 8.81. The van der Waals surface area contributed by atoms with Crippen LogP contribution in [0.2, 0.25) is 0 Å². The van der Waals surface area contributed by atoms with E-state index in [9.17, 15) is 5.11 Å². The number of hydrogen-bond acceptors (Lipinski definition) is 3. The van der Waals surface area contributed by atoms with E-state index in [4.69, 9.17) is 0 Å². The second-order valence-electron chi connectivity index (χ2n) is 4.19. The van der Waals surface area contributed by atoms with Gasteiger partial charge in [0, 0.05) is 18.0 Å². The molecule has 3 aromatic rings. The van der Waals surface area contributed by atoms with Crippen molar-refractivity contribution in [2.45, 2.75) is 13.5 Å². The van der Waals surface area contributed by atoms with Crippen LogP contribution in [-0.4, -0.2) is 19.7 Å². The molecule has 0 aliphatic heterocycles. The van der Waals surface area contributed by atoms with E-state index >= 15 is 0 Å². The lowest BCUT2D eigenvalue weighted by Crippen LogP contribution is -1.89. The van der Waals surface area contributed by atoms with E-state index in [1.165, 1.54) is 0 Å². The fraction of sp³-hybridized carbons (Fsp3) is 0.143. The summed E-state index contributed by atoms with van der Waals surface area (Å²) in [6, 6.07) is 9.83. The number of aromatic nitrogens is 3. The number of benzene rings is 1. The highest BCUT2D eigenvalue weighted by molar-refractivity contribution is 5.72. The highest BCUT2D eigenvalue weighted by atomic mass is 16.3. The van der Waals surface area contributed by atoms with Gasteiger partial charge in [-0.3, -0.25) is 0 Å². The van der Waals surface area contributed by atoms with Crippen LogP contribution in [0.3, 0.4) is 0 Å². The van der Waals surface area contributed by atoms with Crippen molar-refractivity contribution < 1.29 is 5.11 Å². The van der Waals surface area contributed by atoms with Gasteiger partial charge in [0.2, 0.25) is 0 Å². The number of fused-ring (bicyclic) bond motifs is 1. The minimum Gasteiger partial charge on any atom is -0.391 e. The van der Waals surface area contributed by atoms with Crippen LogP contribution in [0.5, 0.6) is 0 Å². The molecule has 0 aliphatic rings. The van der Waals surface area contributed by atoms with Gasteiger partial charge in [-0.25, -0.2) is 9.50 Å². The summed E-state index contributed by atoms with van der Waals surface area (Å²) >= 11 is 0. The lowest BCUT2D eigenvalue weighted by molar-refractivity contribution is 0.283. The van der Waals surface area contributed by atoms with Crippen LogP contribution < -0.4 is 0 Å². The lowest BCUT2D eigenvalue weighted by atomic mass is 10.0. The summed E-state index contributed by atoms with van der Waals surface area (Å²) in [7, 11) is 0. The van der Waals surface area contributed by atoms with Gasteiger partial charge in [0.15, 0.2) is 5.65 Å². The summed E-state index contributed by atoms with van der Waals surface area (Å²) in [6.45, 7) is 1.97. The molecular weight excluding hydrogens is 226 g/mol. The van der Waals surface area contributed by atoms with E-state index in [0.29, 0.717) is 5.65 Å². The molecule has 0 fully saturated rings. The zero-order valence-corrected chi connectivity index (χ0v) is 10.0. The van der Waals surface area contributed by atoms with Crippen molar-refractivity contribution in [3.63, 3.8) is 0 Å². The van der Waals surface area contributed by atoms with E-state index in [-0.39, 0.29) is 6.61 Å². The van der Waals surface area contributed by atoms with Gasteiger partial charge in [0.1, 0.15) is 5.69 Å². The molecular formula is C14H13N3O. The van der Waals surface area contributed by atoms with Gasteiger partial charge in [-0.15, -0.1) is 0 Å². The molecule has 90 valence electrons. The maximum atomic E-state index is 9.56. The lowest BCUT2D eigenvalue weighted by Gasteiger charge is -2.03. The van der Waals surface area contributed by atoms with Crippen molar-refractivity contribution in [2.24, 2.45) is 0 Å². The van der Waals surface area contributed by atoms with E-state index in [0.717, 1.165) is 22.4 Å². The normalized spacial score (nSPS) is 11.0. The SMILES string of the molecule is Cc1ccccc1-c1nn2cccnc2c1CO. The first-order valence-corrected chi connectivity index (χ1v) is 5.80. The summed E-state index contributed by atoms with van der Waals surface area (Å²) < 4.78 is 1.70. The zero-order valence-electron chi connectivity index (χ0n) is 10.0. The Kier molecular flexibility index (Phi) is 2.57. The monoisotopic (exact) mass is 239 g/mol. The van der Waals surface area contributed by atoms with Gasteiger partial charge in [-0.1, -0.05) is 24.3 Å². The second-order valence-corrected chi connectivity index (χ2v) is 4.19. The predicted molar refractivity (Wildman–Crippen MR) is 69.1 cm³/mol. The molecule has 18 heavy (non-hydrogen) atoms. The van der Waals surface area contributed by atoms with Gasteiger partial charge >= 0.3 is 0 Å². The number of aliphatic hydroxyl groups is 1. The van der Waals surface area contributed by atoms with E-state index < -0.39 is 0 Å². The first-order valence-electron chi connectivity index (χ1n) is 5.80. The first kappa shape index (κ1) is 10.9. The summed E-state index contributed by atoms with van der Waals surface area (Å²) in [5.41, 5.74) is 4.44. The third-order valence-corrected chi connectivity index (χ3v) is 3.05. The van der Waals surface area contributed by atoms with E-state index in [2.05, 4.69) is 10.1 Å². The van der Waals surface area contributed by atoms with Gasteiger partial charge in [0.05, 0.1) is 12.2 Å². The molecule has 2 aromatic heterocycles. The topological polar surface area (TPSA) is 50.4 Å². The Labute approximate surface area is 105 Å². The highest BCUT2D eigenvalue weighted by Crippen LogP contribution is 2.27. The number of hydrogen-bond donors (Lipinski definition) is 1. The van der Waals surface area contributed by atoms with E-state index in [1.807, 2.05) is 43.5 Å². The third kappa shape index (κ3) is 1.58. The summed E-state index contributed by atoms with van der Waals surface area (Å²) in [4.78, 5) is 4.27. The Balaban J connectivity index is 2.32. The molecule has 0 radical (unpaired) electrons. The molecule has 0 spiro atoms. The van der Waals surface area contributed by atoms with E-state index in [1.54, 1.807) is 10.7 Å². The van der Waals surface area contributed by atoms with Crippen LogP contribution in [0, 0.1) is 6.92 Å². The van der Waals surface area contributed by atoms with Gasteiger partial charge < -0.3 is 5.11 Å². The van der Waals surface area contributed by atoms with Gasteiger partial charge in [-0.05, 0) is 18.6 Å². The molecule has 1 aromatic carbocycles. The Hall–Kier alpha value is -2.20. The average Bonchev–Trinajstić information content (AvgIpc) is 2.77. The van der Waals surface area contributed by atoms with Crippen LogP contribution >= 0.6 is 0 Å². The van der Waals surface area contributed by atoms with Crippen LogP contribution in [0.4, 0.5) is 0 Å². The van der Waals surface area contributed by atoms with Crippen LogP contribution in [0.25, 0.3) is 16.9 Å². The van der Waals surface area contributed by atoms with Crippen LogP contribution in [0.1, 0.15) is 11.1 Å². The molecule has 0 saturated heterocycles. The molecule has 0 saturated carbocycles. The van der Waals surface area contributed by atoms with Gasteiger partial charge in [-0.2, -0.15) is 5.10 Å². The van der Waals surface area contributed by atoms with Gasteiger partial charge in [0.25, 0.3) is 0 Å². The largest absolute Gasteiger partial charge is 0.391 e. The molecule has 2 heterocycles. The molecule has 1 N–H and O–H groups in total. The Morgan fingerprint density at radius 1 is 1.22 bits per heavy atom. The van der Waals surface area contributed by atoms with Crippen molar-refractivity contribution in [1.29, 1.82) is 0 Å². The number of rotatable bonds is 2. The van der Waals surface area contributed by atoms with Crippen molar-refractivity contribution >= 4 is 5.65 Å². The molecule has 0 bridgehead atoms. The quantitative estimate of drug-likeness (QED) is 0.745. The van der Waals surface area contributed by atoms with Crippen molar-refractivity contribution in [3.05, 3.63) is 53.9 Å². The molecule has 0 unspecified atom stereocenters. The molecule has 4 heteroatoms. The standard InChI is InChI=1S/C14H13N3O/c1-10-5-2-3-6-11(10)13-12(9-18)14-15-7-4-8-17(14)16-13/h2-8,18H,9H2,1H3. The minimum atomic E-state index is -0.0653. The predicted octanol–water partition coefficient (Wildman–Crippen LogP) is 2.20. The second kappa shape index (κ2) is 4.23. The zero-order chi connectivity index (χ0) is 12.5. The summed E-state index contributed by atoms with van der Waals surface area (Å²) in [5.74, 6) is 0. The number of aliphatic hydroxyl groups excluding tert-OH is 1. The number of aryl methyl sites for hydroxylation is 1. The molecule has 0 amide bonds. The van der Waals surface area contributed by atoms with Crippen molar-refractivity contribution in [3.8, 4) is 11.3 Å². The molecule has 0 atom stereocenters. The van der Waals surface area contributed by atoms with Crippen molar-refractivity contribution in [1.82, 2.24) is 14.6 Å². The molecule has 3 rings (SSSR count). The summed E-state index contributed by atoms with van der Waals surface area (Å²) in [5, 5.41) is 14.1. The highest BCUT2D eigenvalue weighted by Gasteiger charge is 2.15. The van der Waals surface area contributed by atoms with Crippen LogP contribution in [-0.2, 0) is 6.61 Å². The maximum Gasteiger partial charge on any atom is 0.161 e.